The Kier molecular flexibility index (Phi) is 57.5. The van der Waals surface area contributed by atoms with E-state index < -0.39 is 48.6 Å². The third-order valence-electron chi connectivity index (χ3n) is 10.1. The van der Waals surface area contributed by atoms with Crippen LogP contribution in [0.3, 0.4) is 0 Å². The second-order valence-corrected chi connectivity index (χ2v) is 17.2. The number of carboxylic acid groups (broad SMARTS) is 4. The molecular weight excluding hydrogens is 1050 g/mol. The van der Waals surface area contributed by atoms with Crippen LogP contribution in [0.25, 0.3) is 0 Å². The van der Waals surface area contributed by atoms with Crippen molar-refractivity contribution in [2.75, 3.05) is 65.4 Å². The van der Waals surface area contributed by atoms with Crippen LogP contribution in [0.4, 0.5) is 52.7 Å². The first-order chi connectivity index (χ1) is 35.5. The summed E-state index contributed by atoms with van der Waals surface area (Å²) in [5, 5.41) is 48.7. The number of carboxylic acids is 4. The standard InChI is InChI=1S/C40H84N6O2.4C2HF3O2/c1-3-5-7-9-11-13-15-17-19-27-39(47)45-37-25-35-43-33-23-31-41-29-21-22-30-42-32-24-34-44-36-26-38-46-40(48)28-20-18-16-14-12-10-8-6-4-2;4*3-2(4,5)1(6)7/h41-44H,3-38H2,1-2H3,(H,45,47)(H,46,48);4*(H,6,7). The van der Waals surface area contributed by atoms with E-state index in [4.69, 9.17) is 39.6 Å². The van der Waals surface area contributed by atoms with Gasteiger partial charge >= 0.3 is 48.6 Å². The van der Waals surface area contributed by atoms with E-state index in [1.165, 1.54) is 116 Å². The number of amides is 2. The molecule has 0 heterocycles. The SMILES string of the molecule is CCCCCCCCCCCC(=O)NCCCNCCCNCCCCNCCCNCCCNC(=O)CCCCCCCCCCC.O=C(O)C(F)(F)F.O=C(O)C(F)(F)F.O=C(O)C(F)(F)F.O=C(O)C(F)(F)F. The molecule has 0 aliphatic rings. The molecule has 16 nitrogen and oxygen atoms in total. The first kappa shape index (κ1) is 80.7. The van der Waals surface area contributed by atoms with Gasteiger partial charge in [-0.25, -0.2) is 19.2 Å². The molecule has 0 unspecified atom stereocenters. The first-order valence-corrected chi connectivity index (χ1v) is 26.0. The normalized spacial score (nSPS) is 11.3. The van der Waals surface area contributed by atoms with Gasteiger partial charge in [0.15, 0.2) is 0 Å². The molecule has 0 aliphatic carbocycles. The number of hydrogen-bond donors (Lipinski definition) is 10. The molecule has 0 fully saturated rings. The fourth-order valence-corrected chi connectivity index (χ4v) is 5.93. The molecule has 0 aliphatic heterocycles. The van der Waals surface area contributed by atoms with Crippen molar-refractivity contribution in [3.05, 3.63) is 0 Å². The molecule has 2 amide bonds. The van der Waals surface area contributed by atoms with Crippen LogP contribution < -0.4 is 31.9 Å². The lowest BCUT2D eigenvalue weighted by molar-refractivity contribution is -0.193. The minimum absolute atomic E-state index is 0.221. The van der Waals surface area contributed by atoms with Gasteiger partial charge in [-0.15, -0.1) is 0 Å². The zero-order valence-electron chi connectivity index (χ0n) is 44.2. The van der Waals surface area contributed by atoms with Crippen LogP contribution in [0.1, 0.15) is 181 Å². The number of halogens is 12. The van der Waals surface area contributed by atoms with Crippen LogP contribution in [-0.2, 0) is 28.8 Å². The Bertz CT molecular complexity index is 1260. The Morgan fingerprint density at radius 1 is 0.276 bits per heavy atom. The van der Waals surface area contributed by atoms with Crippen molar-refractivity contribution in [1.82, 2.24) is 31.9 Å². The van der Waals surface area contributed by atoms with Crippen LogP contribution >= 0.6 is 0 Å². The number of alkyl halides is 12. The van der Waals surface area contributed by atoms with Gasteiger partial charge in [-0.05, 0) is 104 Å². The maximum atomic E-state index is 12.0. The summed E-state index contributed by atoms with van der Waals surface area (Å²) < 4.78 is 127. The minimum Gasteiger partial charge on any atom is -0.475 e. The van der Waals surface area contributed by atoms with Gasteiger partial charge in [0.25, 0.3) is 0 Å². The number of carbonyl (C=O) groups is 6. The maximum absolute atomic E-state index is 12.0. The average molecular weight is 1140 g/mol. The predicted octanol–water partition coefficient (Wildman–Crippen LogP) is 10.3. The minimum atomic E-state index is -5.08. The van der Waals surface area contributed by atoms with Gasteiger partial charge in [-0.3, -0.25) is 9.59 Å². The Labute approximate surface area is 439 Å². The lowest BCUT2D eigenvalue weighted by Crippen LogP contribution is -2.28. The van der Waals surface area contributed by atoms with E-state index in [2.05, 4.69) is 45.7 Å². The zero-order valence-corrected chi connectivity index (χ0v) is 44.2. The van der Waals surface area contributed by atoms with Gasteiger partial charge in [-0.1, -0.05) is 117 Å². The van der Waals surface area contributed by atoms with Crippen molar-refractivity contribution < 1.29 is 102 Å². The Hall–Kier alpha value is -4.18. The highest BCUT2D eigenvalue weighted by Gasteiger charge is 2.40. The van der Waals surface area contributed by atoms with Crippen molar-refractivity contribution in [2.45, 2.75) is 205 Å². The van der Waals surface area contributed by atoms with Crippen LogP contribution in [0.15, 0.2) is 0 Å². The van der Waals surface area contributed by atoms with Crippen molar-refractivity contribution in [3.8, 4) is 0 Å². The highest BCUT2D eigenvalue weighted by atomic mass is 19.4. The molecule has 28 heteroatoms. The van der Waals surface area contributed by atoms with E-state index in [1.54, 1.807) is 0 Å². The Morgan fingerprint density at radius 2 is 0.447 bits per heavy atom. The van der Waals surface area contributed by atoms with Gasteiger partial charge in [-0.2, -0.15) is 52.7 Å². The quantitative estimate of drug-likeness (QED) is 0.0202. The van der Waals surface area contributed by atoms with E-state index >= 15 is 0 Å². The molecule has 0 aromatic heterocycles. The van der Waals surface area contributed by atoms with Crippen molar-refractivity contribution in [1.29, 1.82) is 0 Å². The molecule has 454 valence electrons. The van der Waals surface area contributed by atoms with Crippen LogP contribution in [0, 0.1) is 0 Å². The smallest absolute Gasteiger partial charge is 0.475 e. The van der Waals surface area contributed by atoms with Crippen molar-refractivity contribution >= 4 is 35.7 Å². The third-order valence-corrected chi connectivity index (χ3v) is 10.1. The Morgan fingerprint density at radius 3 is 0.645 bits per heavy atom. The Balaban J connectivity index is -0.000000480. The molecule has 10 N–H and O–H groups in total. The van der Waals surface area contributed by atoms with E-state index in [0.717, 1.165) is 104 Å². The van der Waals surface area contributed by atoms with Crippen LogP contribution in [0.5, 0.6) is 0 Å². The maximum Gasteiger partial charge on any atom is 0.490 e. The van der Waals surface area contributed by atoms with Gasteiger partial charge in [0.2, 0.25) is 11.8 Å². The topological polar surface area (TPSA) is 256 Å². The highest BCUT2D eigenvalue weighted by Crippen LogP contribution is 2.16. The summed E-state index contributed by atoms with van der Waals surface area (Å²) >= 11 is 0. The highest BCUT2D eigenvalue weighted by molar-refractivity contribution is 5.76. The molecule has 0 bridgehead atoms. The summed E-state index contributed by atoms with van der Waals surface area (Å²) in [5.74, 6) is -10.6. The van der Waals surface area contributed by atoms with E-state index in [-0.39, 0.29) is 11.8 Å². The van der Waals surface area contributed by atoms with Crippen molar-refractivity contribution in [3.63, 3.8) is 0 Å². The molecule has 76 heavy (non-hydrogen) atoms. The predicted molar refractivity (Wildman–Crippen MR) is 264 cm³/mol. The molecular formula is C48H88F12N6O10. The summed E-state index contributed by atoms with van der Waals surface area (Å²) in [6, 6.07) is 0. The number of rotatable bonds is 41. The van der Waals surface area contributed by atoms with Crippen LogP contribution in [0.2, 0.25) is 0 Å². The average Bonchev–Trinajstić information content (AvgIpc) is 3.31. The van der Waals surface area contributed by atoms with Crippen molar-refractivity contribution in [2.24, 2.45) is 0 Å². The van der Waals surface area contributed by atoms with Crippen LogP contribution in [-0.4, -0.2) is 146 Å². The molecule has 0 radical (unpaired) electrons. The largest absolute Gasteiger partial charge is 0.490 e. The fourth-order valence-electron chi connectivity index (χ4n) is 5.93. The second kappa shape index (κ2) is 54.2. The number of unbranched alkanes of at least 4 members (excludes halogenated alkanes) is 17. The molecule has 0 atom stereocenters. The van der Waals surface area contributed by atoms with E-state index in [1.807, 2.05) is 0 Å². The van der Waals surface area contributed by atoms with Gasteiger partial charge in [0.05, 0.1) is 0 Å². The third kappa shape index (κ3) is 74.1. The fraction of sp³-hybridized carbons (Fsp3) is 0.875. The van der Waals surface area contributed by atoms with Gasteiger partial charge < -0.3 is 52.3 Å². The molecule has 0 aromatic rings. The van der Waals surface area contributed by atoms with Gasteiger partial charge in [0.1, 0.15) is 0 Å². The number of nitrogens with one attached hydrogen (secondary N) is 6. The lowest BCUT2D eigenvalue weighted by Gasteiger charge is -2.09. The van der Waals surface area contributed by atoms with E-state index in [0.29, 0.717) is 12.8 Å². The molecule has 0 aromatic carbocycles. The zero-order chi connectivity index (χ0) is 59.2. The number of carbonyl (C=O) groups excluding carboxylic acids is 2. The molecule has 0 rings (SSSR count). The van der Waals surface area contributed by atoms with E-state index in [9.17, 15) is 62.3 Å². The number of aliphatic carboxylic acids is 4. The monoisotopic (exact) mass is 1140 g/mol. The number of hydrogen-bond acceptors (Lipinski definition) is 10. The lowest BCUT2D eigenvalue weighted by atomic mass is 10.1. The van der Waals surface area contributed by atoms with Gasteiger partial charge in [0, 0.05) is 25.9 Å². The molecule has 0 saturated heterocycles. The summed E-state index contributed by atoms with van der Waals surface area (Å²) in [5.41, 5.74) is 0. The summed E-state index contributed by atoms with van der Waals surface area (Å²) in [7, 11) is 0. The summed E-state index contributed by atoms with van der Waals surface area (Å²) in [6.07, 6.45) is 11.0. The summed E-state index contributed by atoms with van der Waals surface area (Å²) in [6.45, 7) is 14.4. The second-order valence-electron chi connectivity index (χ2n) is 17.2. The molecule has 0 spiro atoms. The summed E-state index contributed by atoms with van der Waals surface area (Å²) in [4.78, 5) is 59.5. The molecule has 0 saturated carbocycles. The first-order valence-electron chi connectivity index (χ1n) is 26.0.